The largest absolute Gasteiger partial charge is 0.483 e. The molecule has 0 aromatic heterocycles. The Morgan fingerprint density at radius 2 is 2.31 bits per heavy atom. The van der Waals surface area contributed by atoms with Crippen LogP contribution in [0.15, 0.2) is 23.1 Å². The molecule has 2 heterocycles. The summed E-state index contributed by atoms with van der Waals surface area (Å²) in [4.78, 5) is 12.2. The van der Waals surface area contributed by atoms with Crippen molar-refractivity contribution < 1.29 is 9.90 Å². The van der Waals surface area contributed by atoms with E-state index in [1.54, 1.807) is 0 Å². The summed E-state index contributed by atoms with van der Waals surface area (Å²) in [7, 11) is 0. The Balaban J connectivity index is 0.000000196. The van der Waals surface area contributed by atoms with Crippen LogP contribution in [0, 0.1) is 0 Å². The molecule has 0 unspecified atom stereocenters. The van der Waals surface area contributed by atoms with Gasteiger partial charge in [0.05, 0.1) is 11.6 Å². The predicted octanol–water partition coefficient (Wildman–Crippen LogP) is 1.77. The molecule has 1 aromatic carbocycles. The van der Waals surface area contributed by atoms with Gasteiger partial charge in [-0.3, -0.25) is 4.79 Å². The van der Waals surface area contributed by atoms with Gasteiger partial charge in [0.2, 0.25) is 0 Å². The molecule has 68 valence electrons. The predicted molar refractivity (Wildman–Crippen MR) is 52.0 cm³/mol. The highest BCUT2D eigenvalue weighted by Crippen LogP contribution is 2.43. The third-order valence-corrected chi connectivity index (χ3v) is 3.21. The molecule has 4 heteroatoms. The minimum absolute atomic E-state index is 0.250. The number of rotatable bonds is 0. The van der Waals surface area contributed by atoms with Crippen LogP contribution < -0.4 is 4.90 Å². The van der Waals surface area contributed by atoms with E-state index >= 15 is 0 Å². The highest BCUT2D eigenvalue weighted by molar-refractivity contribution is 7.99. The molecule has 2 bridgehead atoms. The van der Waals surface area contributed by atoms with Crippen molar-refractivity contribution >= 4 is 23.9 Å². The molecule has 1 N–H and O–H groups in total. The molecule has 3 nitrogen and oxygen atoms in total. The Hall–Kier alpha value is -1.16. The quantitative estimate of drug-likeness (QED) is 0.640. The molecule has 0 aliphatic carbocycles. The van der Waals surface area contributed by atoms with Crippen LogP contribution in [0.2, 0.25) is 0 Å². The van der Waals surface area contributed by atoms with E-state index in [-0.39, 0.29) is 6.47 Å². The van der Waals surface area contributed by atoms with Crippen LogP contribution in [-0.2, 0) is 11.3 Å². The monoisotopic (exact) mass is 195 g/mol. The van der Waals surface area contributed by atoms with Crippen molar-refractivity contribution in [2.24, 2.45) is 0 Å². The molecule has 2 aliphatic rings. The van der Waals surface area contributed by atoms with E-state index in [1.807, 2.05) is 11.8 Å². The van der Waals surface area contributed by atoms with Crippen molar-refractivity contribution in [3.8, 4) is 0 Å². The van der Waals surface area contributed by atoms with E-state index < -0.39 is 0 Å². The number of benzene rings is 1. The number of nitrogens with zero attached hydrogens (tertiary/aromatic N) is 1. The Bertz CT molecular complexity index is 340. The molecule has 0 saturated heterocycles. The molecule has 13 heavy (non-hydrogen) atoms. The van der Waals surface area contributed by atoms with Gasteiger partial charge in [0, 0.05) is 11.4 Å². The van der Waals surface area contributed by atoms with E-state index in [0.29, 0.717) is 0 Å². The number of anilines is 1. The summed E-state index contributed by atoms with van der Waals surface area (Å²) in [6, 6.07) is 6.77. The molecule has 0 fully saturated rings. The molecule has 0 atom stereocenters. The summed E-state index contributed by atoms with van der Waals surface area (Å²) < 4.78 is 0. The molecule has 1 aromatic rings. The highest BCUT2D eigenvalue weighted by Gasteiger charge is 2.24. The SMILES string of the molecule is O=CO.c1cc2c3cc1CN3CS2. The van der Waals surface area contributed by atoms with Gasteiger partial charge in [0.15, 0.2) is 0 Å². The maximum Gasteiger partial charge on any atom is 0.290 e. The van der Waals surface area contributed by atoms with Crippen LogP contribution in [0.25, 0.3) is 0 Å². The zero-order valence-electron chi connectivity index (χ0n) is 6.93. The van der Waals surface area contributed by atoms with E-state index in [4.69, 9.17) is 9.90 Å². The second-order valence-corrected chi connectivity index (χ2v) is 3.87. The number of fused-ring (bicyclic) bond motifs is 1. The summed E-state index contributed by atoms with van der Waals surface area (Å²) in [6.07, 6.45) is 0. The number of hydrogen-bond acceptors (Lipinski definition) is 3. The molecular weight excluding hydrogens is 186 g/mol. The van der Waals surface area contributed by atoms with Crippen LogP contribution in [0.3, 0.4) is 0 Å². The van der Waals surface area contributed by atoms with Gasteiger partial charge in [-0.1, -0.05) is 6.07 Å². The van der Waals surface area contributed by atoms with Gasteiger partial charge < -0.3 is 10.0 Å². The number of carboxylic acid groups (broad SMARTS) is 1. The van der Waals surface area contributed by atoms with E-state index in [9.17, 15) is 0 Å². The molecule has 0 radical (unpaired) electrons. The summed E-state index contributed by atoms with van der Waals surface area (Å²) in [5.74, 6) is 1.16. The standard InChI is InChI=1S/C8H7NS.CH2O2/c1-2-8-7-3-6(1)4-9(7)5-10-8;2-1-3/h1-3H,4-5H2;1H,(H,2,3). The van der Waals surface area contributed by atoms with Crippen molar-refractivity contribution in [2.45, 2.75) is 11.4 Å². The Kier molecular flexibility index (Phi) is 2.14. The second kappa shape index (κ2) is 3.30. The average Bonchev–Trinajstić information content (AvgIpc) is 2.57. The smallest absolute Gasteiger partial charge is 0.290 e. The molecular formula is C9H9NO2S. The maximum absolute atomic E-state index is 8.36. The summed E-state index contributed by atoms with van der Waals surface area (Å²) in [6.45, 7) is 0.891. The molecule has 0 spiro atoms. The third kappa shape index (κ3) is 1.37. The molecule has 0 saturated carbocycles. The lowest BCUT2D eigenvalue weighted by Crippen LogP contribution is -2.12. The lowest BCUT2D eigenvalue weighted by Gasteiger charge is -2.09. The van der Waals surface area contributed by atoms with E-state index in [0.717, 1.165) is 12.4 Å². The fourth-order valence-corrected chi connectivity index (χ4v) is 2.62. The van der Waals surface area contributed by atoms with Gasteiger partial charge in [0.25, 0.3) is 6.47 Å². The van der Waals surface area contributed by atoms with Gasteiger partial charge in [0.1, 0.15) is 0 Å². The van der Waals surface area contributed by atoms with E-state index in [2.05, 4.69) is 23.1 Å². The van der Waals surface area contributed by atoms with Crippen LogP contribution >= 0.6 is 11.8 Å². The third-order valence-electron chi connectivity index (χ3n) is 2.11. The van der Waals surface area contributed by atoms with Crippen molar-refractivity contribution in [1.82, 2.24) is 0 Å². The minimum Gasteiger partial charge on any atom is -0.483 e. The first-order chi connectivity index (χ1) is 6.35. The summed E-state index contributed by atoms with van der Waals surface area (Å²) in [5.41, 5.74) is 2.93. The first-order valence-corrected chi connectivity index (χ1v) is 4.92. The Morgan fingerprint density at radius 1 is 1.54 bits per heavy atom. The number of thioether (sulfide) groups is 1. The van der Waals surface area contributed by atoms with Crippen molar-refractivity contribution in [1.29, 1.82) is 0 Å². The lowest BCUT2D eigenvalue weighted by atomic mass is 10.2. The van der Waals surface area contributed by atoms with Crippen LogP contribution in [0.5, 0.6) is 0 Å². The lowest BCUT2D eigenvalue weighted by molar-refractivity contribution is -0.122. The van der Waals surface area contributed by atoms with Crippen molar-refractivity contribution in [3.05, 3.63) is 23.8 Å². The zero-order chi connectivity index (χ0) is 9.26. The zero-order valence-corrected chi connectivity index (χ0v) is 7.75. The van der Waals surface area contributed by atoms with E-state index in [1.165, 1.54) is 16.1 Å². The maximum atomic E-state index is 8.36. The first-order valence-electron chi connectivity index (χ1n) is 3.93. The van der Waals surface area contributed by atoms with Gasteiger partial charge in [-0.25, -0.2) is 0 Å². The topological polar surface area (TPSA) is 40.5 Å². The van der Waals surface area contributed by atoms with Crippen LogP contribution in [0.1, 0.15) is 5.56 Å². The first kappa shape index (κ1) is 8.44. The normalized spacial score (nSPS) is 15.2. The van der Waals surface area contributed by atoms with Crippen LogP contribution in [0.4, 0.5) is 5.69 Å². The molecule has 0 amide bonds. The van der Waals surface area contributed by atoms with Gasteiger partial charge in [-0.15, -0.1) is 11.8 Å². The van der Waals surface area contributed by atoms with Gasteiger partial charge >= 0.3 is 0 Å². The molecule has 3 rings (SSSR count). The second-order valence-electron chi connectivity index (χ2n) is 2.88. The van der Waals surface area contributed by atoms with Gasteiger partial charge in [-0.05, 0) is 17.7 Å². The van der Waals surface area contributed by atoms with Crippen LogP contribution in [-0.4, -0.2) is 17.5 Å². The summed E-state index contributed by atoms with van der Waals surface area (Å²) >= 11 is 1.95. The summed E-state index contributed by atoms with van der Waals surface area (Å²) in [5, 5.41) is 6.89. The number of hydrogen-bond donors (Lipinski definition) is 1. The fourth-order valence-electron chi connectivity index (χ4n) is 1.60. The average molecular weight is 195 g/mol. The van der Waals surface area contributed by atoms with Gasteiger partial charge in [-0.2, -0.15) is 0 Å². The Morgan fingerprint density at radius 3 is 3.08 bits per heavy atom. The van der Waals surface area contributed by atoms with Crippen molar-refractivity contribution in [2.75, 3.05) is 10.8 Å². The number of carbonyl (C=O) groups is 1. The highest BCUT2D eigenvalue weighted by atomic mass is 32.2. The minimum atomic E-state index is -0.250. The molecule has 2 aliphatic heterocycles. The fraction of sp³-hybridized carbons (Fsp3) is 0.222. The van der Waals surface area contributed by atoms with Crippen molar-refractivity contribution in [3.63, 3.8) is 0 Å². The Labute approximate surface area is 80.4 Å².